The Balaban J connectivity index is 1.36. The topological polar surface area (TPSA) is 58.7 Å². The molecule has 1 atom stereocenters. The molecule has 1 fully saturated rings. The second-order valence-electron chi connectivity index (χ2n) is 9.25. The Morgan fingerprint density at radius 1 is 0.941 bits per heavy atom. The van der Waals surface area contributed by atoms with Crippen LogP contribution in [0.1, 0.15) is 44.5 Å². The maximum Gasteiger partial charge on any atom is 0.270 e. The van der Waals surface area contributed by atoms with E-state index in [2.05, 4.69) is 25.1 Å². The number of furan rings is 1. The molecule has 1 aliphatic rings. The Morgan fingerprint density at radius 2 is 1.74 bits per heavy atom. The van der Waals surface area contributed by atoms with Gasteiger partial charge in [0, 0.05) is 36.6 Å². The molecule has 0 aliphatic carbocycles. The summed E-state index contributed by atoms with van der Waals surface area (Å²) in [6, 6.07) is 19.7. The Kier molecular flexibility index (Phi) is 5.74. The Hall–Kier alpha value is -3.80. The van der Waals surface area contributed by atoms with Crippen LogP contribution < -0.4 is 0 Å². The molecule has 2 aromatic heterocycles. The summed E-state index contributed by atoms with van der Waals surface area (Å²) in [4.78, 5) is 30.4. The van der Waals surface area contributed by atoms with Gasteiger partial charge in [-0.25, -0.2) is 0 Å². The number of aryl methyl sites for hydroxylation is 2. The van der Waals surface area contributed by atoms with E-state index in [-0.39, 0.29) is 17.9 Å². The molecule has 0 N–H and O–H groups in total. The third kappa shape index (κ3) is 4.12. The van der Waals surface area contributed by atoms with Gasteiger partial charge in [-0.15, -0.1) is 0 Å². The highest BCUT2D eigenvalue weighted by molar-refractivity contribution is 5.98. The quantitative estimate of drug-likeness (QED) is 0.440. The minimum atomic E-state index is -0.0744. The van der Waals surface area contributed by atoms with Crippen LogP contribution in [0.15, 0.2) is 71.3 Å². The van der Waals surface area contributed by atoms with Crippen LogP contribution in [0.4, 0.5) is 0 Å². The van der Waals surface area contributed by atoms with E-state index >= 15 is 0 Å². The molecule has 34 heavy (non-hydrogen) atoms. The Labute approximate surface area is 199 Å². The Morgan fingerprint density at radius 3 is 2.47 bits per heavy atom. The third-order valence-corrected chi connectivity index (χ3v) is 6.62. The molecule has 3 heterocycles. The first kappa shape index (κ1) is 22.0. The number of piperazine rings is 1. The highest BCUT2D eigenvalue weighted by Crippen LogP contribution is 2.25. The lowest BCUT2D eigenvalue weighted by Crippen LogP contribution is -2.55. The molecule has 1 saturated heterocycles. The lowest BCUT2D eigenvalue weighted by Gasteiger charge is -2.40. The number of hydrogen-bond donors (Lipinski definition) is 0. The largest absolute Gasteiger partial charge is 0.448 e. The van der Waals surface area contributed by atoms with Gasteiger partial charge in [0.2, 0.25) is 5.71 Å². The first-order valence-electron chi connectivity index (χ1n) is 11.7. The smallest absolute Gasteiger partial charge is 0.270 e. The molecular weight excluding hydrogens is 426 g/mol. The summed E-state index contributed by atoms with van der Waals surface area (Å²) >= 11 is 0. The fraction of sp³-hybridized carbons (Fsp3) is 0.286. The van der Waals surface area contributed by atoms with E-state index in [0.29, 0.717) is 43.1 Å². The highest BCUT2D eigenvalue weighted by Gasteiger charge is 2.32. The van der Waals surface area contributed by atoms with Crippen LogP contribution in [-0.4, -0.2) is 51.9 Å². The summed E-state index contributed by atoms with van der Waals surface area (Å²) in [7, 11) is 0. The number of aromatic nitrogens is 1. The first-order chi connectivity index (χ1) is 16.4. The monoisotopic (exact) mass is 455 g/mol. The van der Waals surface area contributed by atoms with Crippen molar-refractivity contribution < 1.29 is 14.0 Å². The van der Waals surface area contributed by atoms with E-state index in [1.165, 1.54) is 5.56 Å². The molecule has 174 valence electrons. The minimum Gasteiger partial charge on any atom is -0.448 e. The summed E-state index contributed by atoms with van der Waals surface area (Å²) in [5, 5.41) is 0.914. The van der Waals surface area contributed by atoms with E-state index in [9.17, 15) is 9.59 Å². The van der Waals surface area contributed by atoms with E-state index < -0.39 is 0 Å². The van der Waals surface area contributed by atoms with Gasteiger partial charge in [0.1, 0.15) is 5.69 Å². The summed E-state index contributed by atoms with van der Waals surface area (Å²) in [6.45, 7) is 8.13. The van der Waals surface area contributed by atoms with Crippen LogP contribution in [0.5, 0.6) is 0 Å². The van der Waals surface area contributed by atoms with Crippen molar-refractivity contribution in [2.75, 3.05) is 19.6 Å². The molecule has 6 nitrogen and oxygen atoms in total. The lowest BCUT2D eigenvalue weighted by molar-refractivity contribution is 0.0409. The van der Waals surface area contributed by atoms with Gasteiger partial charge in [-0.3, -0.25) is 9.59 Å². The number of fused-ring (bicyclic) bond motifs is 1. The van der Waals surface area contributed by atoms with Crippen molar-refractivity contribution in [3.63, 3.8) is 0 Å². The zero-order valence-corrected chi connectivity index (χ0v) is 19.8. The molecule has 2 amide bonds. The molecule has 0 bridgehead atoms. The first-order valence-corrected chi connectivity index (χ1v) is 11.7. The van der Waals surface area contributed by atoms with Gasteiger partial charge in [0.25, 0.3) is 11.8 Å². The molecule has 5 rings (SSSR count). The van der Waals surface area contributed by atoms with Crippen molar-refractivity contribution in [1.29, 1.82) is 0 Å². The zero-order valence-electron chi connectivity index (χ0n) is 19.8. The summed E-state index contributed by atoms with van der Waals surface area (Å²) in [6.07, 6.45) is 1.66. The molecule has 0 unspecified atom stereocenters. The second kappa shape index (κ2) is 8.86. The van der Waals surface area contributed by atoms with Crippen LogP contribution in [0.3, 0.4) is 0 Å². The van der Waals surface area contributed by atoms with Crippen LogP contribution >= 0.6 is 0 Å². The van der Waals surface area contributed by atoms with Crippen molar-refractivity contribution in [2.45, 2.75) is 33.4 Å². The number of nitrogens with zero attached hydrogens (tertiary/aromatic N) is 3. The molecule has 1 aliphatic heterocycles. The van der Waals surface area contributed by atoms with Crippen LogP contribution in [0.25, 0.3) is 11.1 Å². The van der Waals surface area contributed by atoms with Crippen LogP contribution in [0, 0.1) is 13.8 Å². The van der Waals surface area contributed by atoms with Crippen molar-refractivity contribution in [1.82, 2.24) is 14.4 Å². The Bertz CT molecular complexity index is 1350. The van der Waals surface area contributed by atoms with Crippen molar-refractivity contribution in [3.05, 3.63) is 94.9 Å². The standard InChI is InChI=1S/C28H29N3O3/c1-19-7-9-23(10-8-19)26(32)30-13-12-29(17-21(30)3)27(33)25-16-24-11-14-34-28(24)31(25)18-22-6-4-5-20(2)15-22/h4-11,14-16,21H,12-13,17-18H2,1-3H3/t21-/m1/s1. The number of carbonyl (C=O) groups is 2. The second-order valence-corrected chi connectivity index (χ2v) is 9.25. The summed E-state index contributed by atoms with van der Waals surface area (Å²) in [5.41, 5.74) is 5.41. The third-order valence-electron chi connectivity index (χ3n) is 6.62. The van der Waals surface area contributed by atoms with Gasteiger partial charge in [-0.2, -0.15) is 0 Å². The van der Waals surface area contributed by atoms with Crippen molar-refractivity contribution >= 4 is 22.9 Å². The minimum absolute atomic E-state index is 0.0138. The van der Waals surface area contributed by atoms with Gasteiger partial charge in [0.15, 0.2) is 0 Å². The molecule has 0 spiro atoms. The predicted octanol–water partition coefficient (Wildman–Crippen LogP) is 4.89. The van der Waals surface area contributed by atoms with Crippen molar-refractivity contribution in [2.24, 2.45) is 0 Å². The van der Waals surface area contributed by atoms with Gasteiger partial charge in [-0.1, -0.05) is 47.5 Å². The van der Waals surface area contributed by atoms with E-state index in [1.807, 2.05) is 70.7 Å². The predicted molar refractivity (Wildman–Crippen MR) is 132 cm³/mol. The molecule has 4 aromatic rings. The average Bonchev–Trinajstić information content (AvgIpc) is 3.41. The van der Waals surface area contributed by atoms with E-state index in [1.54, 1.807) is 6.26 Å². The fourth-order valence-electron chi connectivity index (χ4n) is 4.77. The number of hydrogen-bond acceptors (Lipinski definition) is 3. The number of carbonyl (C=O) groups excluding carboxylic acids is 2. The summed E-state index contributed by atoms with van der Waals surface area (Å²) < 4.78 is 7.70. The van der Waals surface area contributed by atoms with Gasteiger partial charge in [-0.05, 0) is 50.6 Å². The van der Waals surface area contributed by atoms with Gasteiger partial charge in [0.05, 0.1) is 12.8 Å². The fourth-order valence-corrected chi connectivity index (χ4v) is 4.77. The van der Waals surface area contributed by atoms with Crippen LogP contribution in [-0.2, 0) is 6.54 Å². The number of rotatable bonds is 4. The summed E-state index contributed by atoms with van der Waals surface area (Å²) in [5.74, 6) is -0.0201. The maximum atomic E-state index is 13.6. The van der Waals surface area contributed by atoms with E-state index in [0.717, 1.165) is 16.5 Å². The highest BCUT2D eigenvalue weighted by atomic mass is 16.3. The van der Waals surface area contributed by atoms with Gasteiger partial charge < -0.3 is 18.8 Å². The molecule has 0 saturated carbocycles. The SMILES string of the molecule is Cc1ccc(C(=O)N2CCN(C(=O)c3cc4ccoc4n3Cc3cccc(C)c3)C[C@H]2C)cc1. The number of amides is 2. The zero-order chi connectivity index (χ0) is 23.8. The lowest BCUT2D eigenvalue weighted by atomic mass is 10.1. The molecular formula is C28H29N3O3. The maximum absolute atomic E-state index is 13.6. The normalized spacial score (nSPS) is 16.3. The average molecular weight is 456 g/mol. The molecule has 2 aromatic carbocycles. The number of benzene rings is 2. The molecule has 0 radical (unpaired) electrons. The van der Waals surface area contributed by atoms with E-state index in [4.69, 9.17) is 4.42 Å². The van der Waals surface area contributed by atoms with Gasteiger partial charge >= 0.3 is 0 Å². The van der Waals surface area contributed by atoms with Crippen LogP contribution in [0.2, 0.25) is 0 Å². The molecule has 6 heteroatoms. The van der Waals surface area contributed by atoms with Crippen molar-refractivity contribution in [3.8, 4) is 0 Å².